The van der Waals surface area contributed by atoms with E-state index in [0.717, 1.165) is 11.3 Å². The lowest BCUT2D eigenvalue weighted by Gasteiger charge is -2.20. The molecule has 72 valence electrons. The fraction of sp³-hybridized carbons (Fsp3) is 0.273. The van der Waals surface area contributed by atoms with Crippen molar-refractivity contribution in [2.45, 2.75) is 19.4 Å². The summed E-state index contributed by atoms with van der Waals surface area (Å²) in [5.74, 6) is -0.250. The number of benzene rings is 1. The van der Waals surface area contributed by atoms with Gasteiger partial charge < -0.3 is 4.74 Å². The van der Waals surface area contributed by atoms with E-state index in [1.807, 2.05) is 24.3 Å². The maximum absolute atomic E-state index is 10.9. The van der Waals surface area contributed by atoms with Crippen LogP contribution in [0, 0.1) is 0 Å². The zero-order valence-corrected chi connectivity index (χ0v) is 7.93. The Hall–Kier alpha value is -1.64. The van der Waals surface area contributed by atoms with Crippen LogP contribution in [0.3, 0.4) is 0 Å². The molecular formula is C11H11NO2. The van der Waals surface area contributed by atoms with Crippen molar-refractivity contribution in [2.75, 3.05) is 0 Å². The average molecular weight is 189 g/mol. The van der Waals surface area contributed by atoms with E-state index >= 15 is 0 Å². The van der Waals surface area contributed by atoms with Crippen molar-refractivity contribution in [3.8, 4) is 0 Å². The molecule has 2 rings (SSSR count). The maximum Gasteiger partial charge on any atom is 0.303 e. The minimum absolute atomic E-state index is 0.166. The number of para-hydroxylation sites is 1. The summed E-state index contributed by atoms with van der Waals surface area (Å²) in [7, 11) is 0. The molecule has 0 amide bonds. The molecule has 0 N–H and O–H groups in total. The van der Waals surface area contributed by atoms with Crippen LogP contribution in [0.5, 0.6) is 0 Å². The lowest BCUT2D eigenvalue weighted by molar-refractivity contribution is -0.146. The van der Waals surface area contributed by atoms with E-state index in [1.165, 1.54) is 6.92 Å². The van der Waals surface area contributed by atoms with Gasteiger partial charge in [-0.25, -0.2) is 0 Å². The highest BCUT2D eigenvalue weighted by atomic mass is 16.5. The standard InChI is InChI=1S/C11H11NO2/c1-8(13)14-11-6-7-12-10-5-3-2-4-9(10)11/h2-5,7,11H,6H2,1H3. The highest BCUT2D eigenvalue weighted by Gasteiger charge is 2.19. The predicted octanol–water partition coefficient (Wildman–Crippen LogP) is 2.40. The third kappa shape index (κ3) is 1.66. The van der Waals surface area contributed by atoms with Crippen LogP contribution in [0.15, 0.2) is 29.3 Å². The van der Waals surface area contributed by atoms with Crippen LogP contribution in [0.25, 0.3) is 0 Å². The minimum Gasteiger partial charge on any atom is -0.457 e. The Labute approximate surface area is 82.4 Å². The molecule has 1 aromatic carbocycles. The SMILES string of the molecule is CC(=O)OC1CC=Nc2ccccc21. The number of hydrogen-bond acceptors (Lipinski definition) is 3. The van der Waals surface area contributed by atoms with Crippen LogP contribution < -0.4 is 0 Å². The molecule has 3 heteroatoms. The van der Waals surface area contributed by atoms with Gasteiger partial charge in [0.05, 0.1) is 5.69 Å². The first-order chi connectivity index (χ1) is 6.77. The van der Waals surface area contributed by atoms with E-state index < -0.39 is 0 Å². The molecule has 1 atom stereocenters. The summed E-state index contributed by atoms with van der Waals surface area (Å²) in [5, 5.41) is 0. The number of esters is 1. The molecular weight excluding hydrogens is 178 g/mol. The molecule has 0 saturated carbocycles. The largest absolute Gasteiger partial charge is 0.457 e. The summed E-state index contributed by atoms with van der Waals surface area (Å²) in [6, 6.07) is 7.71. The quantitative estimate of drug-likeness (QED) is 0.636. The van der Waals surface area contributed by atoms with Gasteiger partial charge in [-0.1, -0.05) is 18.2 Å². The van der Waals surface area contributed by atoms with Gasteiger partial charge in [0.1, 0.15) is 6.10 Å². The number of nitrogens with zero attached hydrogens (tertiary/aromatic N) is 1. The summed E-state index contributed by atoms with van der Waals surface area (Å²) < 4.78 is 5.19. The predicted molar refractivity (Wildman–Crippen MR) is 53.7 cm³/mol. The summed E-state index contributed by atoms with van der Waals surface area (Å²) in [6.45, 7) is 1.42. The second kappa shape index (κ2) is 3.62. The fourth-order valence-corrected chi connectivity index (χ4v) is 1.56. The summed E-state index contributed by atoms with van der Waals surface area (Å²) >= 11 is 0. The molecule has 1 aromatic rings. The van der Waals surface area contributed by atoms with Gasteiger partial charge in [-0.2, -0.15) is 0 Å². The van der Waals surface area contributed by atoms with E-state index in [4.69, 9.17) is 4.74 Å². The Morgan fingerprint density at radius 3 is 3.07 bits per heavy atom. The molecule has 1 heterocycles. The van der Waals surface area contributed by atoms with Gasteiger partial charge in [0.15, 0.2) is 0 Å². The van der Waals surface area contributed by atoms with Crippen LogP contribution >= 0.6 is 0 Å². The molecule has 0 fully saturated rings. The molecule has 3 nitrogen and oxygen atoms in total. The van der Waals surface area contributed by atoms with Gasteiger partial charge >= 0.3 is 5.97 Å². The van der Waals surface area contributed by atoms with E-state index in [1.54, 1.807) is 6.21 Å². The molecule has 14 heavy (non-hydrogen) atoms. The van der Waals surface area contributed by atoms with Crippen molar-refractivity contribution >= 4 is 17.9 Å². The molecule has 1 aliphatic heterocycles. The first-order valence-corrected chi connectivity index (χ1v) is 4.56. The van der Waals surface area contributed by atoms with Crippen molar-refractivity contribution in [2.24, 2.45) is 4.99 Å². The second-order valence-electron chi connectivity index (χ2n) is 3.20. The normalized spacial score (nSPS) is 18.8. The van der Waals surface area contributed by atoms with Crippen molar-refractivity contribution in [3.05, 3.63) is 29.8 Å². The maximum atomic E-state index is 10.9. The highest BCUT2D eigenvalue weighted by Crippen LogP contribution is 2.32. The summed E-state index contributed by atoms with van der Waals surface area (Å²) in [5.41, 5.74) is 1.88. The summed E-state index contributed by atoms with van der Waals surface area (Å²) in [6.07, 6.45) is 2.29. The Kier molecular flexibility index (Phi) is 2.31. The Morgan fingerprint density at radius 2 is 2.29 bits per heavy atom. The van der Waals surface area contributed by atoms with E-state index in [0.29, 0.717) is 6.42 Å². The number of aliphatic imine (C=N–C) groups is 1. The number of rotatable bonds is 1. The topological polar surface area (TPSA) is 38.7 Å². The number of carbonyl (C=O) groups is 1. The molecule has 0 spiro atoms. The zero-order valence-electron chi connectivity index (χ0n) is 7.93. The van der Waals surface area contributed by atoms with E-state index in [2.05, 4.69) is 4.99 Å². The average Bonchev–Trinajstić information content (AvgIpc) is 2.18. The zero-order chi connectivity index (χ0) is 9.97. The number of carbonyl (C=O) groups excluding carboxylic acids is 1. The minimum atomic E-state index is -0.250. The number of fused-ring (bicyclic) bond motifs is 1. The van der Waals surface area contributed by atoms with Crippen molar-refractivity contribution < 1.29 is 9.53 Å². The van der Waals surface area contributed by atoms with Crippen molar-refractivity contribution in [1.82, 2.24) is 0 Å². The van der Waals surface area contributed by atoms with Crippen LogP contribution in [-0.4, -0.2) is 12.2 Å². The molecule has 0 saturated heterocycles. The van der Waals surface area contributed by atoms with Gasteiger partial charge in [0.25, 0.3) is 0 Å². The van der Waals surface area contributed by atoms with Crippen LogP contribution in [-0.2, 0) is 9.53 Å². The highest BCUT2D eigenvalue weighted by molar-refractivity contribution is 5.72. The molecule has 0 bridgehead atoms. The second-order valence-corrected chi connectivity index (χ2v) is 3.20. The molecule has 1 unspecified atom stereocenters. The first kappa shape index (κ1) is 8.94. The van der Waals surface area contributed by atoms with E-state index in [9.17, 15) is 4.79 Å². The van der Waals surface area contributed by atoms with Gasteiger partial charge in [-0.3, -0.25) is 9.79 Å². The van der Waals surface area contributed by atoms with Gasteiger partial charge in [-0.05, 0) is 6.07 Å². The number of ether oxygens (including phenoxy) is 1. The van der Waals surface area contributed by atoms with Gasteiger partial charge in [0, 0.05) is 25.1 Å². The van der Waals surface area contributed by atoms with Gasteiger partial charge in [0.2, 0.25) is 0 Å². The Morgan fingerprint density at radius 1 is 1.50 bits per heavy atom. The van der Waals surface area contributed by atoms with Gasteiger partial charge in [-0.15, -0.1) is 0 Å². The van der Waals surface area contributed by atoms with Crippen molar-refractivity contribution in [3.63, 3.8) is 0 Å². The molecule has 0 radical (unpaired) electrons. The first-order valence-electron chi connectivity index (χ1n) is 4.56. The summed E-state index contributed by atoms with van der Waals surface area (Å²) in [4.78, 5) is 15.1. The lowest BCUT2D eigenvalue weighted by Crippen LogP contribution is -2.11. The van der Waals surface area contributed by atoms with Crippen LogP contribution in [0.1, 0.15) is 25.0 Å². The lowest BCUT2D eigenvalue weighted by atomic mass is 10.0. The monoisotopic (exact) mass is 189 g/mol. The van der Waals surface area contributed by atoms with Crippen molar-refractivity contribution in [1.29, 1.82) is 0 Å². The number of hydrogen-bond donors (Lipinski definition) is 0. The van der Waals surface area contributed by atoms with E-state index in [-0.39, 0.29) is 12.1 Å². The molecule has 1 aliphatic rings. The molecule has 0 aliphatic carbocycles. The van der Waals surface area contributed by atoms with Crippen LogP contribution in [0.4, 0.5) is 5.69 Å². The smallest absolute Gasteiger partial charge is 0.303 e. The Bertz CT molecular complexity index is 385. The van der Waals surface area contributed by atoms with Crippen LogP contribution in [0.2, 0.25) is 0 Å². The fourth-order valence-electron chi connectivity index (χ4n) is 1.56. The molecule has 0 aromatic heterocycles. The Balaban J connectivity index is 2.31. The third-order valence-corrected chi connectivity index (χ3v) is 2.14. The third-order valence-electron chi connectivity index (χ3n) is 2.14.